The molecule has 0 spiro atoms. The molecule has 5 rings (SSSR count). The van der Waals surface area contributed by atoms with Crippen molar-refractivity contribution in [2.45, 2.75) is 19.4 Å². The van der Waals surface area contributed by atoms with Crippen molar-refractivity contribution in [3.05, 3.63) is 66.0 Å². The number of rotatable bonds is 7. The van der Waals surface area contributed by atoms with Crippen molar-refractivity contribution in [1.29, 1.82) is 0 Å². The minimum Gasteiger partial charge on any atom is -0.356 e. The predicted molar refractivity (Wildman–Crippen MR) is 121 cm³/mol. The maximum atomic E-state index is 12.7. The molecule has 0 bridgehead atoms. The minimum atomic E-state index is -0.245. The van der Waals surface area contributed by atoms with E-state index in [0.717, 1.165) is 5.82 Å². The summed E-state index contributed by atoms with van der Waals surface area (Å²) in [6.45, 7) is 2.01. The Labute approximate surface area is 194 Å². The van der Waals surface area contributed by atoms with Crippen LogP contribution in [0.2, 0.25) is 0 Å². The van der Waals surface area contributed by atoms with E-state index in [9.17, 15) is 9.59 Å². The molecule has 4 aromatic heterocycles. The lowest BCUT2D eigenvalue weighted by Gasteiger charge is -2.32. The van der Waals surface area contributed by atoms with Gasteiger partial charge >= 0.3 is 0 Å². The van der Waals surface area contributed by atoms with Crippen LogP contribution in [0.3, 0.4) is 0 Å². The summed E-state index contributed by atoms with van der Waals surface area (Å²) in [4.78, 5) is 39.5. The van der Waals surface area contributed by atoms with Crippen molar-refractivity contribution in [3.8, 4) is 11.6 Å². The Hall–Kier alpha value is -4.42. The molecule has 13 heteroatoms. The second kappa shape index (κ2) is 9.60. The van der Waals surface area contributed by atoms with Crippen molar-refractivity contribution < 1.29 is 4.79 Å². The Bertz CT molecular complexity index is 1290. The molecule has 1 aliphatic heterocycles. The molecule has 34 heavy (non-hydrogen) atoms. The van der Waals surface area contributed by atoms with Gasteiger partial charge in [-0.15, -0.1) is 5.10 Å². The molecule has 13 nitrogen and oxygen atoms in total. The third-order valence-corrected chi connectivity index (χ3v) is 5.70. The molecule has 0 saturated carbocycles. The maximum absolute atomic E-state index is 12.7. The summed E-state index contributed by atoms with van der Waals surface area (Å²) in [5, 5.41) is 15.4. The molecular formula is C21H23N11O2. The number of anilines is 1. The molecule has 0 atom stereocenters. The fraction of sp³-hybridized carbons (Fsp3) is 0.333. The Kier molecular flexibility index (Phi) is 6.05. The molecule has 1 saturated heterocycles. The van der Waals surface area contributed by atoms with Gasteiger partial charge in [0.15, 0.2) is 11.6 Å². The largest absolute Gasteiger partial charge is 0.356 e. The predicted octanol–water partition coefficient (Wildman–Crippen LogP) is -0.167. The summed E-state index contributed by atoms with van der Waals surface area (Å²) < 4.78 is 4.47. The number of nitrogens with zero attached hydrogens (tertiary/aromatic N) is 10. The quantitative estimate of drug-likeness (QED) is 0.397. The van der Waals surface area contributed by atoms with E-state index in [0.29, 0.717) is 44.1 Å². The zero-order valence-electron chi connectivity index (χ0n) is 18.3. The molecule has 1 amide bonds. The van der Waals surface area contributed by atoms with E-state index in [4.69, 9.17) is 0 Å². The first-order chi connectivity index (χ1) is 16.7. The average Bonchev–Trinajstić information content (AvgIpc) is 3.60. The van der Waals surface area contributed by atoms with Crippen LogP contribution in [0.5, 0.6) is 0 Å². The molecule has 0 aliphatic carbocycles. The molecular weight excluding hydrogens is 438 g/mol. The van der Waals surface area contributed by atoms with E-state index in [2.05, 4.69) is 40.5 Å². The number of piperidine rings is 1. The molecule has 0 aromatic carbocycles. The van der Waals surface area contributed by atoms with Crippen molar-refractivity contribution in [2.75, 3.05) is 24.5 Å². The summed E-state index contributed by atoms with van der Waals surface area (Å²) in [6, 6.07) is 6.74. The summed E-state index contributed by atoms with van der Waals surface area (Å²) >= 11 is 0. The lowest BCUT2D eigenvalue weighted by Crippen LogP contribution is -2.42. The first-order valence-corrected chi connectivity index (χ1v) is 11.0. The molecule has 1 fully saturated rings. The van der Waals surface area contributed by atoms with Crippen LogP contribution in [0.15, 0.2) is 60.4 Å². The zero-order valence-corrected chi connectivity index (χ0v) is 18.3. The van der Waals surface area contributed by atoms with E-state index >= 15 is 0 Å². The normalized spacial score (nSPS) is 14.3. The van der Waals surface area contributed by atoms with Crippen LogP contribution >= 0.6 is 0 Å². The third kappa shape index (κ3) is 4.67. The molecule has 0 radical (unpaired) electrons. The highest BCUT2D eigenvalue weighted by Gasteiger charge is 2.25. The molecule has 1 aliphatic rings. The Balaban J connectivity index is 1.13. The fourth-order valence-corrected chi connectivity index (χ4v) is 3.89. The highest BCUT2D eigenvalue weighted by molar-refractivity contribution is 5.78. The Morgan fingerprint density at radius 1 is 1.03 bits per heavy atom. The average molecular weight is 461 g/mol. The molecule has 4 aromatic rings. The van der Waals surface area contributed by atoms with Crippen molar-refractivity contribution in [2.24, 2.45) is 5.92 Å². The van der Waals surface area contributed by atoms with E-state index in [-0.39, 0.29) is 23.9 Å². The Morgan fingerprint density at radius 2 is 1.88 bits per heavy atom. The van der Waals surface area contributed by atoms with Crippen molar-refractivity contribution in [1.82, 2.24) is 49.6 Å². The van der Waals surface area contributed by atoms with Gasteiger partial charge < -0.3 is 10.2 Å². The van der Waals surface area contributed by atoms with Gasteiger partial charge in [-0.25, -0.2) is 29.0 Å². The van der Waals surface area contributed by atoms with Crippen LogP contribution in [0.1, 0.15) is 12.8 Å². The highest BCUT2D eigenvalue weighted by atomic mass is 16.2. The number of carbonyl (C=O) groups excluding carboxylic acids is 1. The van der Waals surface area contributed by atoms with Crippen molar-refractivity contribution in [3.63, 3.8) is 0 Å². The van der Waals surface area contributed by atoms with Gasteiger partial charge in [0.05, 0.1) is 6.54 Å². The second-order valence-electron chi connectivity index (χ2n) is 7.83. The molecule has 1 N–H and O–H groups in total. The van der Waals surface area contributed by atoms with Crippen LogP contribution in [-0.4, -0.2) is 69.8 Å². The van der Waals surface area contributed by atoms with Gasteiger partial charge in [0.1, 0.15) is 24.8 Å². The summed E-state index contributed by atoms with van der Waals surface area (Å²) in [7, 11) is 0. The first kappa shape index (κ1) is 21.4. The smallest absolute Gasteiger partial charge is 0.266 e. The second-order valence-corrected chi connectivity index (χ2v) is 7.83. The number of nitrogens with one attached hydrogen (secondary N) is 1. The van der Waals surface area contributed by atoms with Gasteiger partial charge in [0.2, 0.25) is 5.91 Å². The van der Waals surface area contributed by atoms with Gasteiger partial charge in [0, 0.05) is 50.1 Å². The fourth-order valence-electron chi connectivity index (χ4n) is 3.89. The molecule has 0 unspecified atom stereocenters. The van der Waals surface area contributed by atoms with Gasteiger partial charge in [-0.1, -0.05) is 0 Å². The van der Waals surface area contributed by atoms with E-state index in [1.165, 1.54) is 34.4 Å². The topological polar surface area (TPSA) is 142 Å². The zero-order chi connectivity index (χ0) is 23.3. The Morgan fingerprint density at radius 3 is 2.65 bits per heavy atom. The van der Waals surface area contributed by atoms with Crippen LogP contribution < -0.4 is 15.8 Å². The lowest BCUT2D eigenvalue weighted by molar-refractivity contribution is -0.125. The number of carbonyl (C=O) groups is 1. The van der Waals surface area contributed by atoms with Gasteiger partial charge in [-0.3, -0.25) is 9.59 Å². The highest BCUT2D eigenvalue weighted by Crippen LogP contribution is 2.22. The van der Waals surface area contributed by atoms with E-state index in [1.807, 2.05) is 18.3 Å². The lowest BCUT2D eigenvalue weighted by atomic mass is 9.96. The van der Waals surface area contributed by atoms with Crippen LogP contribution in [0, 0.1) is 5.92 Å². The van der Waals surface area contributed by atoms with Gasteiger partial charge in [-0.05, 0) is 25.0 Å². The van der Waals surface area contributed by atoms with Gasteiger partial charge in [0.25, 0.3) is 5.56 Å². The maximum Gasteiger partial charge on any atom is 0.266 e. The molecule has 174 valence electrons. The van der Waals surface area contributed by atoms with Crippen LogP contribution in [-0.2, 0) is 11.3 Å². The van der Waals surface area contributed by atoms with E-state index in [1.54, 1.807) is 16.9 Å². The number of hydrogen-bond acceptors (Lipinski definition) is 9. The number of amides is 1. The molecule has 5 heterocycles. The SMILES string of the molecule is O=C(NCCn1nc(-n2cncn2)ccc1=O)C1CCN(c2cc(-n3cccn3)ncn2)CC1. The first-order valence-electron chi connectivity index (χ1n) is 11.0. The summed E-state index contributed by atoms with van der Waals surface area (Å²) in [5.41, 5.74) is -0.245. The number of hydrogen-bond donors (Lipinski definition) is 1. The number of aromatic nitrogens is 9. The standard InChI is InChI=1S/C21H23N11O2/c33-20-3-2-17(32-15-22-13-27-32)28-31(20)11-7-23-21(34)16-4-9-29(10-5-16)18-12-19(25-14-24-18)30-8-1-6-26-30/h1-3,6,8,12-16H,4-5,7,9-11H2,(H,23,34). The van der Waals surface area contributed by atoms with E-state index < -0.39 is 0 Å². The summed E-state index contributed by atoms with van der Waals surface area (Å²) in [5.74, 6) is 1.90. The van der Waals surface area contributed by atoms with Crippen LogP contribution in [0.4, 0.5) is 5.82 Å². The van der Waals surface area contributed by atoms with Crippen LogP contribution in [0.25, 0.3) is 11.6 Å². The monoisotopic (exact) mass is 461 g/mol. The van der Waals surface area contributed by atoms with Gasteiger partial charge in [-0.2, -0.15) is 10.2 Å². The minimum absolute atomic E-state index is 0.0138. The summed E-state index contributed by atoms with van der Waals surface area (Å²) in [6.07, 6.45) is 9.39. The third-order valence-electron chi connectivity index (χ3n) is 5.70. The van der Waals surface area contributed by atoms with Crippen molar-refractivity contribution >= 4 is 11.7 Å².